The molecule has 0 radical (unpaired) electrons. The number of carbonyl (C=O) groups is 2. The highest BCUT2D eigenvalue weighted by Gasteiger charge is 2.21. The van der Waals surface area contributed by atoms with E-state index in [4.69, 9.17) is 16.3 Å². The number of hydrogen-bond acceptors (Lipinski definition) is 3. The first-order chi connectivity index (χ1) is 15.1. The third kappa shape index (κ3) is 5.35. The van der Waals surface area contributed by atoms with E-state index in [2.05, 4.69) is 10.6 Å². The summed E-state index contributed by atoms with van der Waals surface area (Å²) in [5.74, 6) is 0.509. The Labute approximate surface area is 185 Å². The molecule has 7 heteroatoms. The van der Waals surface area contributed by atoms with E-state index in [-0.39, 0.29) is 11.9 Å². The predicted octanol–water partition coefficient (Wildman–Crippen LogP) is 4.70. The average Bonchev–Trinajstić information content (AvgIpc) is 3.01. The fourth-order valence-corrected chi connectivity index (χ4v) is 3.45. The van der Waals surface area contributed by atoms with Crippen LogP contribution in [-0.2, 0) is 13.1 Å². The number of halogens is 1. The van der Waals surface area contributed by atoms with Gasteiger partial charge in [-0.3, -0.25) is 4.79 Å². The maximum atomic E-state index is 12.7. The highest BCUT2D eigenvalue weighted by molar-refractivity contribution is 6.30. The summed E-state index contributed by atoms with van der Waals surface area (Å²) in [6, 6.07) is 21.7. The first-order valence-electron chi connectivity index (χ1n) is 9.98. The smallest absolute Gasteiger partial charge is 0.322 e. The van der Waals surface area contributed by atoms with Crippen molar-refractivity contribution in [3.05, 3.63) is 94.5 Å². The van der Waals surface area contributed by atoms with Gasteiger partial charge in [-0.15, -0.1) is 0 Å². The van der Waals surface area contributed by atoms with Gasteiger partial charge in [0.15, 0.2) is 0 Å². The van der Waals surface area contributed by atoms with Crippen LogP contribution in [0.2, 0.25) is 5.02 Å². The lowest BCUT2D eigenvalue weighted by Crippen LogP contribution is -2.36. The highest BCUT2D eigenvalue weighted by atomic mass is 35.5. The largest absolute Gasteiger partial charge is 0.491 e. The molecule has 4 rings (SSSR count). The Morgan fingerprint density at radius 3 is 2.55 bits per heavy atom. The maximum absolute atomic E-state index is 12.7. The Morgan fingerprint density at radius 1 is 1.00 bits per heavy atom. The van der Waals surface area contributed by atoms with Gasteiger partial charge in [-0.05, 0) is 48.0 Å². The number of ether oxygens (including phenoxy) is 1. The summed E-state index contributed by atoms with van der Waals surface area (Å²) in [6.07, 6.45) is 0. The van der Waals surface area contributed by atoms with E-state index in [0.717, 1.165) is 11.1 Å². The zero-order valence-electron chi connectivity index (χ0n) is 16.8. The highest BCUT2D eigenvalue weighted by Crippen LogP contribution is 2.25. The lowest BCUT2D eigenvalue weighted by Gasteiger charge is -2.20. The third-order valence-corrected chi connectivity index (χ3v) is 5.23. The van der Waals surface area contributed by atoms with Gasteiger partial charge < -0.3 is 20.3 Å². The van der Waals surface area contributed by atoms with Crippen molar-refractivity contribution < 1.29 is 14.3 Å². The molecule has 1 heterocycles. The number of anilines is 1. The van der Waals surface area contributed by atoms with Gasteiger partial charge in [0, 0.05) is 28.4 Å². The molecule has 0 atom stereocenters. The number of carbonyl (C=O) groups excluding carboxylic acids is 2. The number of benzene rings is 3. The number of fused-ring (bicyclic) bond motifs is 1. The molecule has 3 aromatic rings. The van der Waals surface area contributed by atoms with Crippen LogP contribution in [0.1, 0.15) is 21.5 Å². The van der Waals surface area contributed by atoms with Gasteiger partial charge in [0.1, 0.15) is 12.4 Å². The van der Waals surface area contributed by atoms with Gasteiger partial charge in [-0.1, -0.05) is 41.9 Å². The topological polar surface area (TPSA) is 70.7 Å². The van der Waals surface area contributed by atoms with Crippen molar-refractivity contribution >= 4 is 29.2 Å². The molecule has 158 valence electrons. The van der Waals surface area contributed by atoms with E-state index in [1.807, 2.05) is 30.3 Å². The van der Waals surface area contributed by atoms with E-state index in [9.17, 15) is 9.59 Å². The summed E-state index contributed by atoms with van der Waals surface area (Å²) >= 11 is 5.90. The number of nitrogens with one attached hydrogen (secondary N) is 2. The summed E-state index contributed by atoms with van der Waals surface area (Å²) in [6.45, 7) is 1.60. The lowest BCUT2D eigenvalue weighted by atomic mass is 10.1. The molecule has 0 bridgehead atoms. The van der Waals surface area contributed by atoms with Crippen molar-refractivity contribution in [1.82, 2.24) is 10.2 Å². The van der Waals surface area contributed by atoms with Gasteiger partial charge in [-0.2, -0.15) is 0 Å². The number of rotatable bonds is 4. The number of nitrogens with zero attached hydrogens (tertiary/aromatic N) is 1. The monoisotopic (exact) mass is 435 g/mol. The minimum atomic E-state index is -0.238. The van der Waals surface area contributed by atoms with Gasteiger partial charge in [-0.25, -0.2) is 4.79 Å². The van der Waals surface area contributed by atoms with Crippen molar-refractivity contribution in [1.29, 1.82) is 0 Å². The van der Waals surface area contributed by atoms with Crippen LogP contribution in [0.25, 0.3) is 0 Å². The molecule has 0 saturated heterocycles. The standard InChI is InChI=1S/C24H22ClN3O3/c25-20-7-9-21(10-8-20)27-24(30)28-12-13-31-22-11-6-18(14-19(22)16-28)23(29)26-15-17-4-2-1-3-5-17/h1-11,14H,12-13,15-16H2,(H,26,29)(H,27,30). The molecule has 1 aliphatic rings. The maximum Gasteiger partial charge on any atom is 0.322 e. The van der Waals surface area contributed by atoms with E-state index in [0.29, 0.717) is 48.3 Å². The quantitative estimate of drug-likeness (QED) is 0.624. The van der Waals surface area contributed by atoms with Crippen LogP contribution in [0, 0.1) is 0 Å². The van der Waals surface area contributed by atoms with Crippen LogP contribution in [0.4, 0.5) is 10.5 Å². The SMILES string of the molecule is O=C(NCc1ccccc1)c1ccc2c(c1)CN(C(=O)Nc1ccc(Cl)cc1)CCO2. The van der Waals surface area contributed by atoms with Crippen molar-refractivity contribution in [3.63, 3.8) is 0 Å². The van der Waals surface area contributed by atoms with E-state index in [1.54, 1.807) is 47.4 Å². The second-order valence-electron chi connectivity index (χ2n) is 7.20. The van der Waals surface area contributed by atoms with Gasteiger partial charge in [0.2, 0.25) is 0 Å². The van der Waals surface area contributed by atoms with Gasteiger partial charge >= 0.3 is 6.03 Å². The molecule has 0 unspecified atom stereocenters. The molecule has 0 aromatic heterocycles. The first kappa shape index (κ1) is 20.8. The van der Waals surface area contributed by atoms with Gasteiger partial charge in [0.25, 0.3) is 5.91 Å². The molecule has 0 saturated carbocycles. The van der Waals surface area contributed by atoms with Crippen LogP contribution in [-0.4, -0.2) is 30.0 Å². The summed E-state index contributed by atoms with van der Waals surface area (Å²) in [5.41, 5.74) is 3.00. The summed E-state index contributed by atoms with van der Waals surface area (Å²) < 4.78 is 5.79. The fraction of sp³-hybridized carbons (Fsp3) is 0.167. The molecular weight excluding hydrogens is 414 g/mol. The first-order valence-corrected chi connectivity index (χ1v) is 10.4. The van der Waals surface area contributed by atoms with Crippen LogP contribution in [0.3, 0.4) is 0 Å². The van der Waals surface area contributed by atoms with Crippen LogP contribution in [0.15, 0.2) is 72.8 Å². The second kappa shape index (κ2) is 9.53. The third-order valence-electron chi connectivity index (χ3n) is 4.98. The molecule has 3 amide bonds. The molecule has 6 nitrogen and oxygen atoms in total. The van der Waals surface area contributed by atoms with Crippen LogP contribution in [0.5, 0.6) is 5.75 Å². The van der Waals surface area contributed by atoms with Crippen molar-refractivity contribution in [2.24, 2.45) is 0 Å². The molecule has 1 aliphatic heterocycles. The Morgan fingerprint density at radius 2 is 1.77 bits per heavy atom. The molecular formula is C24H22ClN3O3. The normalized spacial score (nSPS) is 12.9. The summed E-state index contributed by atoms with van der Waals surface area (Å²) in [5, 5.41) is 6.40. The molecule has 0 spiro atoms. The molecule has 0 aliphatic carbocycles. The zero-order chi connectivity index (χ0) is 21.6. The lowest BCUT2D eigenvalue weighted by molar-refractivity contribution is 0.0950. The Hall–Kier alpha value is -3.51. The number of urea groups is 1. The summed E-state index contributed by atoms with van der Waals surface area (Å²) in [4.78, 5) is 27.0. The second-order valence-corrected chi connectivity index (χ2v) is 7.63. The van der Waals surface area contributed by atoms with Crippen LogP contribution < -0.4 is 15.4 Å². The summed E-state index contributed by atoms with van der Waals surface area (Å²) in [7, 11) is 0. The van der Waals surface area contributed by atoms with Crippen LogP contribution >= 0.6 is 11.6 Å². The molecule has 0 fully saturated rings. The Kier molecular flexibility index (Phi) is 6.38. The van der Waals surface area contributed by atoms with E-state index in [1.165, 1.54) is 0 Å². The zero-order valence-corrected chi connectivity index (χ0v) is 17.6. The van der Waals surface area contributed by atoms with Crippen molar-refractivity contribution in [2.75, 3.05) is 18.5 Å². The number of hydrogen-bond donors (Lipinski definition) is 2. The number of amides is 3. The minimum absolute atomic E-state index is 0.173. The fourth-order valence-electron chi connectivity index (χ4n) is 3.32. The average molecular weight is 436 g/mol. The Bertz CT molecular complexity index is 1070. The Balaban J connectivity index is 1.44. The minimum Gasteiger partial charge on any atom is -0.491 e. The molecule has 2 N–H and O–H groups in total. The van der Waals surface area contributed by atoms with Gasteiger partial charge in [0.05, 0.1) is 13.1 Å². The van der Waals surface area contributed by atoms with E-state index >= 15 is 0 Å². The van der Waals surface area contributed by atoms with E-state index < -0.39 is 0 Å². The molecule has 31 heavy (non-hydrogen) atoms. The van der Waals surface area contributed by atoms with Crippen molar-refractivity contribution in [2.45, 2.75) is 13.1 Å². The molecule has 3 aromatic carbocycles. The van der Waals surface area contributed by atoms with Crippen molar-refractivity contribution in [3.8, 4) is 5.75 Å². The predicted molar refractivity (Wildman–Crippen MR) is 120 cm³/mol.